The Kier molecular flexibility index (Phi) is 3.56. The number of thiophene rings is 1. The highest BCUT2D eigenvalue weighted by molar-refractivity contribution is 7.17. The minimum absolute atomic E-state index is 0.112. The lowest BCUT2D eigenvalue weighted by molar-refractivity contribution is -0.380. The van der Waals surface area contributed by atoms with Crippen LogP contribution in [0.4, 0.5) is 5.00 Å². The fraction of sp³-hybridized carbons (Fsp3) is 0.400. The molecule has 1 N–H and O–H groups in total. The second kappa shape index (κ2) is 5.13. The summed E-state index contributed by atoms with van der Waals surface area (Å²) in [5.74, 6) is -1.07. The van der Waals surface area contributed by atoms with E-state index in [4.69, 9.17) is 4.74 Å². The molecule has 1 aromatic rings. The molecule has 0 aliphatic heterocycles. The van der Waals surface area contributed by atoms with Gasteiger partial charge in [0.05, 0.1) is 4.92 Å². The highest BCUT2D eigenvalue weighted by atomic mass is 32.1. The maximum Gasteiger partial charge on any atom is 0.349 e. The molecule has 96 valence electrons. The Morgan fingerprint density at radius 3 is 2.78 bits per heavy atom. The largest absolute Gasteiger partial charge is 0.451 e. The third kappa shape index (κ3) is 3.27. The fourth-order valence-electron chi connectivity index (χ4n) is 1.23. The lowest BCUT2D eigenvalue weighted by Gasteiger charge is -2.03. The number of amides is 1. The molecule has 1 aliphatic rings. The van der Waals surface area contributed by atoms with Gasteiger partial charge in [0.15, 0.2) is 6.61 Å². The van der Waals surface area contributed by atoms with Crippen molar-refractivity contribution in [2.45, 2.75) is 18.9 Å². The number of ether oxygens (including phenoxy) is 1. The summed E-state index contributed by atoms with van der Waals surface area (Å²) in [6.45, 7) is -0.360. The molecule has 18 heavy (non-hydrogen) atoms. The van der Waals surface area contributed by atoms with E-state index in [1.165, 1.54) is 12.1 Å². The molecule has 0 aromatic carbocycles. The summed E-state index contributed by atoms with van der Waals surface area (Å²) in [5, 5.41) is 13.0. The van der Waals surface area contributed by atoms with Gasteiger partial charge in [0.25, 0.3) is 5.91 Å². The summed E-state index contributed by atoms with van der Waals surface area (Å²) < 4.78 is 4.75. The fourth-order valence-corrected chi connectivity index (χ4v) is 1.95. The van der Waals surface area contributed by atoms with Crippen LogP contribution in [-0.4, -0.2) is 29.4 Å². The number of hydrogen-bond acceptors (Lipinski definition) is 6. The molecule has 1 aromatic heterocycles. The third-order valence-corrected chi connectivity index (χ3v) is 3.27. The van der Waals surface area contributed by atoms with Crippen molar-refractivity contribution in [2.75, 3.05) is 6.61 Å². The molecule has 0 saturated heterocycles. The Labute approximate surface area is 106 Å². The van der Waals surface area contributed by atoms with E-state index in [0.717, 1.165) is 24.2 Å². The zero-order valence-electron chi connectivity index (χ0n) is 9.25. The Balaban J connectivity index is 1.82. The molecule has 0 atom stereocenters. The topological polar surface area (TPSA) is 98.5 Å². The first-order valence-corrected chi connectivity index (χ1v) is 6.08. The summed E-state index contributed by atoms with van der Waals surface area (Å²) in [6.07, 6.45) is 1.91. The lowest BCUT2D eigenvalue weighted by Crippen LogP contribution is -2.30. The Morgan fingerprint density at radius 2 is 2.22 bits per heavy atom. The first-order chi connectivity index (χ1) is 8.56. The van der Waals surface area contributed by atoms with Gasteiger partial charge in [-0.3, -0.25) is 14.9 Å². The van der Waals surface area contributed by atoms with Gasteiger partial charge in [0.2, 0.25) is 0 Å². The minimum atomic E-state index is -0.723. The highest BCUT2D eigenvalue weighted by Crippen LogP contribution is 2.24. The normalized spacial score (nSPS) is 14.0. The van der Waals surface area contributed by atoms with Gasteiger partial charge in [0, 0.05) is 12.1 Å². The Morgan fingerprint density at radius 1 is 1.50 bits per heavy atom. The van der Waals surface area contributed by atoms with E-state index >= 15 is 0 Å². The van der Waals surface area contributed by atoms with Gasteiger partial charge in [-0.25, -0.2) is 4.79 Å². The van der Waals surface area contributed by atoms with Crippen molar-refractivity contribution < 1.29 is 19.2 Å². The molecule has 1 heterocycles. The maximum atomic E-state index is 11.5. The van der Waals surface area contributed by atoms with Crippen molar-refractivity contribution in [2.24, 2.45) is 0 Å². The summed E-state index contributed by atoms with van der Waals surface area (Å²) in [7, 11) is 0. The van der Waals surface area contributed by atoms with Crippen LogP contribution >= 0.6 is 11.3 Å². The van der Waals surface area contributed by atoms with E-state index in [1.807, 2.05) is 0 Å². The average molecular weight is 270 g/mol. The Hall–Kier alpha value is -1.96. The van der Waals surface area contributed by atoms with Crippen LogP contribution in [0.3, 0.4) is 0 Å². The predicted molar refractivity (Wildman–Crippen MR) is 62.4 cm³/mol. The van der Waals surface area contributed by atoms with Crippen LogP contribution in [-0.2, 0) is 9.53 Å². The molecular formula is C10H10N2O5S. The number of hydrogen-bond donors (Lipinski definition) is 1. The molecule has 0 radical (unpaired) electrons. The van der Waals surface area contributed by atoms with Crippen LogP contribution in [0.15, 0.2) is 12.1 Å². The number of nitrogens with zero attached hydrogens (tertiary/aromatic N) is 1. The standard InChI is InChI=1S/C10H10N2O5S/c13-8(11-6-1-2-6)5-17-10(14)7-3-4-9(18-7)12(15)16/h3-4,6H,1-2,5H2,(H,11,13). The first-order valence-electron chi connectivity index (χ1n) is 5.27. The molecule has 1 fully saturated rings. The first kappa shape index (κ1) is 12.5. The van der Waals surface area contributed by atoms with Gasteiger partial charge >= 0.3 is 11.0 Å². The van der Waals surface area contributed by atoms with Crippen molar-refractivity contribution in [3.8, 4) is 0 Å². The molecule has 1 saturated carbocycles. The van der Waals surface area contributed by atoms with Gasteiger partial charge < -0.3 is 10.1 Å². The second-order valence-corrected chi connectivity index (χ2v) is 4.88. The second-order valence-electron chi connectivity index (χ2n) is 3.81. The number of nitrogens with one attached hydrogen (secondary N) is 1. The van der Waals surface area contributed by atoms with Crippen LogP contribution in [0.1, 0.15) is 22.5 Å². The number of esters is 1. The van der Waals surface area contributed by atoms with Crippen LogP contribution in [0.25, 0.3) is 0 Å². The summed E-state index contributed by atoms with van der Waals surface area (Å²) in [6, 6.07) is 2.74. The van der Waals surface area contributed by atoms with E-state index < -0.39 is 10.9 Å². The minimum Gasteiger partial charge on any atom is -0.451 e. The van der Waals surface area contributed by atoms with E-state index in [1.54, 1.807) is 0 Å². The van der Waals surface area contributed by atoms with Crippen molar-refractivity contribution in [1.29, 1.82) is 0 Å². The van der Waals surface area contributed by atoms with Gasteiger partial charge in [0.1, 0.15) is 4.88 Å². The lowest BCUT2D eigenvalue weighted by atomic mass is 10.5. The van der Waals surface area contributed by atoms with Crippen LogP contribution in [0.5, 0.6) is 0 Å². The average Bonchev–Trinajstić information content (AvgIpc) is 2.98. The van der Waals surface area contributed by atoms with Crippen molar-refractivity contribution in [1.82, 2.24) is 5.32 Å². The zero-order valence-corrected chi connectivity index (χ0v) is 10.1. The van der Waals surface area contributed by atoms with Crippen LogP contribution < -0.4 is 5.32 Å². The molecule has 0 bridgehead atoms. The van der Waals surface area contributed by atoms with Crippen molar-refractivity contribution in [3.05, 3.63) is 27.1 Å². The van der Waals surface area contributed by atoms with Gasteiger partial charge in [-0.1, -0.05) is 11.3 Å². The Bertz CT molecular complexity index is 494. The highest BCUT2D eigenvalue weighted by Gasteiger charge is 2.24. The van der Waals surface area contributed by atoms with Gasteiger partial charge in [-0.2, -0.15) is 0 Å². The third-order valence-electron chi connectivity index (χ3n) is 2.25. The number of nitro groups is 1. The molecule has 1 amide bonds. The molecular weight excluding hydrogens is 260 g/mol. The van der Waals surface area contributed by atoms with Gasteiger partial charge in [-0.15, -0.1) is 0 Å². The van der Waals surface area contributed by atoms with E-state index in [-0.39, 0.29) is 28.4 Å². The van der Waals surface area contributed by atoms with Crippen LogP contribution in [0.2, 0.25) is 0 Å². The molecule has 0 unspecified atom stereocenters. The van der Waals surface area contributed by atoms with E-state index in [0.29, 0.717) is 0 Å². The number of carbonyl (C=O) groups is 2. The molecule has 1 aliphatic carbocycles. The van der Waals surface area contributed by atoms with E-state index in [2.05, 4.69) is 5.32 Å². The summed E-state index contributed by atoms with van der Waals surface area (Å²) >= 11 is 0.722. The quantitative estimate of drug-likeness (QED) is 0.490. The van der Waals surface area contributed by atoms with Crippen LogP contribution in [0, 0.1) is 10.1 Å². The SMILES string of the molecule is O=C(COC(=O)c1ccc([N+](=O)[O-])s1)NC1CC1. The molecule has 2 rings (SSSR count). The smallest absolute Gasteiger partial charge is 0.349 e. The number of rotatable bonds is 5. The zero-order chi connectivity index (χ0) is 13.1. The molecule has 7 nitrogen and oxygen atoms in total. The van der Waals surface area contributed by atoms with Crippen molar-refractivity contribution in [3.63, 3.8) is 0 Å². The van der Waals surface area contributed by atoms with E-state index in [9.17, 15) is 19.7 Å². The summed E-state index contributed by atoms with van der Waals surface area (Å²) in [4.78, 5) is 32.7. The predicted octanol–water partition coefficient (Wildman–Crippen LogP) is 1.09. The monoisotopic (exact) mass is 270 g/mol. The van der Waals surface area contributed by atoms with Crippen molar-refractivity contribution >= 4 is 28.2 Å². The molecule has 0 spiro atoms. The maximum absolute atomic E-state index is 11.5. The van der Waals surface area contributed by atoms with Gasteiger partial charge in [-0.05, 0) is 18.9 Å². The summed E-state index contributed by atoms with van der Waals surface area (Å²) in [5.41, 5.74) is 0. The molecule has 8 heteroatoms. The number of carbonyl (C=O) groups excluding carboxylic acids is 2.